The fraction of sp³-hybridized carbons (Fsp3) is 0.889. The highest BCUT2D eigenvalue weighted by Gasteiger charge is 2.17. The maximum Gasteiger partial charge on any atom is 0.222 e. The predicted molar refractivity (Wildman–Crippen MR) is 58.9 cm³/mol. The molecule has 1 unspecified atom stereocenters. The van der Waals surface area contributed by atoms with Gasteiger partial charge in [-0.2, -0.15) is 11.8 Å². The third kappa shape index (κ3) is 8.12. The molecule has 3 N–H and O–H groups in total. The fourth-order valence-corrected chi connectivity index (χ4v) is 1.61. The lowest BCUT2D eigenvalue weighted by Crippen LogP contribution is -2.42. The van der Waals surface area contributed by atoms with E-state index in [2.05, 4.69) is 5.32 Å². The summed E-state index contributed by atoms with van der Waals surface area (Å²) < 4.78 is 0. The summed E-state index contributed by atoms with van der Waals surface area (Å²) in [7, 11) is 0. The average molecular weight is 204 g/mol. The summed E-state index contributed by atoms with van der Waals surface area (Å²) in [6, 6.07) is 0.227. The van der Waals surface area contributed by atoms with Crippen molar-refractivity contribution in [3.63, 3.8) is 0 Å². The van der Waals surface area contributed by atoms with E-state index in [4.69, 9.17) is 5.73 Å². The Balaban J connectivity index is 3.74. The monoisotopic (exact) mass is 204 g/mol. The second-order valence-corrected chi connectivity index (χ2v) is 5.00. The molecule has 1 amide bonds. The number of nitrogens with one attached hydrogen (secondary N) is 1. The number of carbonyl (C=O) groups is 1. The smallest absolute Gasteiger partial charge is 0.222 e. The van der Waals surface area contributed by atoms with Crippen LogP contribution in [0.15, 0.2) is 0 Å². The zero-order valence-corrected chi connectivity index (χ0v) is 9.70. The number of amides is 1. The molecule has 0 aromatic heterocycles. The minimum Gasteiger partial charge on any atom is -0.353 e. The Kier molecular flexibility index (Phi) is 5.40. The third-order valence-electron chi connectivity index (χ3n) is 1.44. The lowest BCUT2D eigenvalue weighted by molar-refractivity contribution is -0.122. The summed E-state index contributed by atoms with van der Waals surface area (Å²) in [5.41, 5.74) is 5.31. The van der Waals surface area contributed by atoms with E-state index < -0.39 is 5.54 Å². The number of carbonyl (C=O) groups excluding carboxylic acids is 1. The molecule has 0 aromatic rings. The van der Waals surface area contributed by atoms with Crippen molar-refractivity contribution in [3.05, 3.63) is 0 Å². The largest absolute Gasteiger partial charge is 0.353 e. The molecule has 0 rings (SSSR count). The van der Waals surface area contributed by atoms with Crippen LogP contribution in [0.25, 0.3) is 0 Å². The summed E-state index contributed by atoms with van der Waals surface area (Å²) in [6.45, 7) is 5.70. The van der Waals surface area contributed by atoms with Gasteiger partial charge in [-0.1, -0.05) is 0 Å². The van der Waals surface area contributed by atoms with Gasteiger partial charge in [0.25, 0.3) is 0 Å². The first-order chi connectivity index (χ1) is 5.85. The minimum absolute atomic E-state index is 0.0362. The molecular weight excluding hydrogens is 184 g/mol. The first-order valence-corrected chi connectivity index (χ1v) is 5.81. The lowest BCUT2D eigenvalue weighted by atomic mass is 10.0. The van der Waals surface area contributed by atoms with Crippen LogP contribution >= 0.6 is 11.8 Å². The van der Waals surface area contributed by atoms with Crippen molar-refractivity contribution < 1.29 is 4.79 Å². The Labute approximate surface area is 84.8 Å². The summed E-state index contributed by atoms with van der Waals surface area (Å²) >= 11 is 1.72. The standard InChI is InChI=1S/C9H20N2OS/c1-7(6-13-4)11-8(12)5-9(2,3)10/h7H,5-6,10H2,1-4H3,(H,11,12). The number of nitrogens with two attached hydrogens (primary N) is 1. The highest BCUT2D eigenvalue weighted by atomic mass is 32.2. The van der Waals surface area contributed by atoms with Crippen molar-refractivity contribution in [1.29, 1.82) is 0 Å². The molecule has 4 heteroatoms. The van der Waals surface area contributed by atoms with Crippen molar-refractivity contribution in [2.45, 2.75) is 38.8 Å². The summed E-state index contributed by atoms with van der Waals surface area (Å²) in [4.78, 5) is 11.3. The molecule has 0 saturated heterocycles. The van der Waals surface area contributed by atoms with E-state index in [1.165, 1.54) is 0 Å². The van der Waals surface area contributed by atoms with Crippen molar-refractivity contribution >= 4 is 17.7 Å². The van der Waals surface area contributed by atoms with Crippen LogP contribution in [0, 0.1) is 0 Å². The normalized spacial score (nSPS) is 13.9. The van der Waals surface area contributed by atoms with Crippen LogP contribution in [0.2, 0.25) is 0 Å². The van der Waals surface area contributed by atoms with E-state index in [9.17, 15) is 4.79 Å². The molecule has 0 aromatic carbocycles. The molecule has 0 saturated carbocycles. The highest BCUT2D eigenvalue weighted by molar-refractivity contribution is 7.98. The summed E-state index contributed by atoms with van der Waals surface area (Å²) in [5, 5.41) is 2.90. The van der Waals surface area contributed by atoms with E-state index in [1.807, 2.05) is 27.0 Å². The maximum absolute atomic E-state index is 11.3. The SMILES string of the molecule is CSCC(C)NC(=O)CC(C)(C)N. The molecule has 3 nitrogen and oxygen atoms in total. The quantitative estimate of drug-likeness (QED) is 0.702. The zero-order valence-electron chi connectivity index (χ0n) is 8.89. The molecule has 0 bridgehead atoms. The van der Waals surface area contributed by atoms with E-state index in [1.54, 1.807) is 11.8 Å². The van der Waals surface area contributed by atoms with Crippen LogP contribution in [0.5, 0.6) is 0 Å². The Bertz CT molecular complexity index is 165. The van der Waals surface area contributed by atoms with Gasteiger partial charge in [-0.05, 0) is 27.0 Å². The maximum atomic E-state index is 11.3. The van der Waals surface area contributed by atoms with Crippen molar-refractivity contribution in [1.82, 2.24) is 5.32 Å². The Morgan fingerprint density at radius 3 is 2.54 bits per heavy atom. The first-order valence-electron chi connectivity index (χ1n) is 4.42. The number of hydrogen-bond donors (Lipinski definition) is 2. The van der Waals surface area contributed by atoms with E-state index >= 15 is 0 Å². The second-order valence-electron chi connectivity index (χ2n) is 4.09. The number of rotatable bonds is 5. The van der Waals surface area contributed by atoms with Crippen molar-refractivity contribution in [2.75, 3.05) is 12.0 Å². The summed E-state index contributed by atoms with van der Waals surface area (Å²) in [6.07, 6.45) is 2.40. The highest BCUT2D eigenvalue weighted by Crippen LogP contribution is 2.04. The molecular formula is C9H20N2OS. The van der Waals surface area contributed by atoms with Gasteiger partial charge in [0.2, 0.25) is 5.91 Å². The molecule has 13 heavy (non-hydrogen) atoms. The Hall–Kier alpha value is -0.220. The van der Waals surface area contributed by atoms with Crippen molar-refractivity contribution in [3.8, 4) is 0 Å². The number of hydrogen-bond acceptors (Lipinski definition) is 3. The van der Waals surface area contributed by atoms with Crippen LogP contribution in [0.3, 0.4) is 0 Å². The van der Waals surface area contributed by atoms with Gasteiger partial charge in [0.15, 0.2) is 0 Å². The van der Waals surface area contributed by atoms with Gasteiger partial charge in [-0.25, -0.2) is 0 Å². The van der Waals surface area contributed by atoms with Gasteiger partial charge in [-0.15, -0.1) is 0 Å². The predicted octanol–water partition coefficient (Wildman–Crippen LogP) is 0.982. The van der Waals surface area contributed by atoms with Crippen LogP contribution in [0.1, 0.15) is 27.2 Å². The van der Waals surface area contributed by atoms with Crippen LogP contribution in [0.4, 0.5) is 0 Å². The van der Waals surface area contributed by atoms with E-state index in [0.717, 1.165) is 5.75 Å². The minimum atomic E-state index is -0.414. The number of thioether (sulfide) groups is 1. The molecule has 0 aliphatic heterocycles. The van der Waals surface area contributed by atoms with Crippen LogP contribution in [-0.2, 0) is 4.79 Å². The molecule has 0 aliphatic carbocycles. The van der Waals surface area contributed by atoms with Crippen molar-refractivity contribution in [2.24, 2.45) is 5.73 Å². The molecule has 0 aliphatic rings. The molecule has 0 spiro atoms. The van der Waals surface area contributed by atoms with Gasteiger partial charge in [0, 0.05) is 23.8 Å². The third-order valence-corrected chi connectivity index (χ3v) is 2.27. The molecule has 0 heterocycles. The molecule has 78 valence electrons. The van der Waals surface area contributed by atoms with Gasteiger partial charge in [0.1, 0.15) is 0 Å². The molecule has 1 atom stereocenters. The molecule has 0 fully saturated rings. The van der Waals surface area contributed by atoms with E-state index in [0.29, 0.717) is 6.42 Å². The van der Waals surface area contributed by atoms with Gasteiger partial charge in [0.05, 0.1) is 0 Å². The van der Waals surface area contributed by atoms with Gasteiger partial charge < -0.3 is 11.1 Å². The first kappa shape index (κ1) is 12.8. The van der Waals surface area contributed by atoms with Gasteiger partial charge in [-0.3, -0.25) is 4.79 Å². The summed E-state index contributed by atoms with van der Waals surface area (Å²) in [5.74, 6) is 0.977. The van der Waals surface area contributed by atoms with E-state index in [-0.39, 0.29) is 11.9 Å². The Morgan fingerprint density at radius 2 is 2.15 bits per heavy atom. The fourth-order valence-electron chi connectivity index (χ4n) is 1.03. The lowest BCUT2D eigenvalue weighted by Gasteiger charge is -2.19. The topological polar surface area (TPSA) is 55.1 Å². The van der Waals surface area contributed by atoms with Crippen LogP contribution in [-0.4, -0.2) is 29.5 Å². The van der Waals surface area contributed by atoms with Gasteiger partial charge >= 0.3 is 0 Å². The second kappa shape index (κ2) is 5.50. The molecule has 0 radical (unpaired) electrons. The zero-order chi connectivity index (χ0) is 10.5. The van der Waals surface area contributed by atoms with Crippen LogP contribution < -0.4 is 11.1 Å². The Morgan fingerprint density at radius 1 is 1.62 bits per heavy atom. The average Bonchev–Trinajstić information content (AvgIpc) is 1.81.